The van der Waals surface area contributed by atoms with Crippen molar-refractivity contribution in [2.24, 2.45) is 0 Å². The number of para-hydroxylation sites is 1. The maximum absolute atomic E-state index is 12.8. The number of urea groups is 1. The lowest BCUT2D eigenvalue weighted by atomic mass is 10.2. The van der Waals surface area contributed by atoms with E-state index in [1.807, 2.05) is 62.4 Å². The molecule has 2 heterocycles. The third-order valence-electron chi connectivity index (χ3n) is 5.16. The third kappa shape index (κ3) is 4.33. The van der Waals surface area contributed by atoms with E-state index >= 15 is 0 Å². The van der Waals surface area contributed by atoms with Crippen LogP contribution in [-0.4, -0.2) is 39.6 Å². The molecule has 0 saturated carbocycles. The van der Waals surface area contributed by atoms with E-state index in [0.717, 1.165) is 28.2 Å². The summed E-state index contributed by atoms with van der Waals surface area (Å²) < 4.78 is 0. The highest BCUT2D eigenvalue weighted by Crippen LogP contribution is 2.28. The summed E-state index contributed by atoms with van der Waals surface area (Å²) in [5.41, 5.74) is 3.85. The molecule has 0 aliphatic carbocycles. The van der Waals surface area contributed by atoms with Crippen molar-refractivity contribution in [2.45, 2.75) is 32.7 Å². The molecule has 2 N–H and O–H groups in total. The Morgan fingerprint density at radius 1 is 1.03 bits per heavy atom. The minimum Gasteiger partial charge on any atom is -0.312 e. The molecule has 0 spiro atoms. The highest BCUT2D eigenvalue weighted by molar-refractivity contribution is 7.18. The first-order chi connectivity index (χ1) is 14.5. The number of nitrogens with one attached hydrogen (secondary N) is 2. The normalized spacial score (nSPS) is 15.8. The van der Waals surface area contributed by atoms with Crippen LogP contribution in [0.4, 0.5) is 15.6 Å². The van der Waals surface area contributed by atoms with Crippen LogP contribution in [0.25, 0.3) is 10.6 Å². The first-order valence-corrected chi connectivity index (χ1v) is 10.7. The Morgan fingerprint density at radius 2 is 1.80 bits per heavy atom. The average Bonchev–Trinajstić information content (AvgIpc) is 3.40. The summed E-state index contributed by atoms with van der Waals surface area (Å²) in [6.45, 7) is 4.50. The van der Waals surface area contributed by atoms with E-state index in [2.05, 4.69) is 20.8 Å². The number of likely N-dealkylation sites (tertiary alicyclic amines) is 1. The molecular formula is C22H23N5O2S. The van der Waals surface area contributed by atoms with Gasteiger partial charge in [0, 0.05) is 17.8 Å². The topological polar surface area (TPSA) is 87.2 Å². The van der Waals surface area contributed by atoms with Gasteiger partial charge in [0.1, 0.15) is 11.0 Å². The first-order valence-electron chi connectivity index (χ1n) is 9.86. The number of rotatable bonds is 4. The van der Waals surface area contributed by atoms with Crippen LogP contribution < -0.4 is 10.6 Å². The number of carbonyl (C=O) groups excluding carboxylic acids is 2. The second-order valence-corrected chi connectivity index (χ2v) is 8.34. The fraction of sp³-hybridized carbons (Fsp3) is 0.273. The first kappa shape index (κ1) is 20.0. The molecule has 3 amide bonds. The lowest BCUT2D eigenvalue weighted by molar-refractivity contribution is -0.119. The molecular weight excluding hydrogens is 398 g/mol. The molecule has 0 radical (unpaired) electrons. The van der Waals surface area contributed by atoms with E-state index < -0.39 is 6.04 Å². The lowest BCUT2D eigenvalue weighted by Gasteiger charge is -2.24. The Morgan fingerprint density at radius 3 is 2.57 bits per heavy atom. The van der Waals surface area contributed by atoms with E-state index in [4.69, 9.17) is 0 Å². The summed E-state index contributed by atoms with van der Waals surface area (Å²) in [4.78, 5) is 27.2. The summed E-state index contributed by atoms with van der Waals surface area (Å²) in [5, 5.41) is 15.2. The van der Waals surface area contributed by atoms with Crippen molar-refractivity contribution in [1.82, 2.24) is 15.1 Å². The highest BCUT2D eigenvalue weighted by Gasteiger charge is 2.34. The number of carbonyl (C=O) groups is 2. The van der Waals surface area contributed by atoms with Crippen LogP contribution in [-0.2, 0) is 4.79 Å². The number of amides is 3. The molecule has 2 aromatic carbocycles. The number of aryl methyl sites for hydroxylation is 2. The second-order valence-electron chi connectivity index (χ2n) is 7.36. The summed E-state index contributed by atoms with van der Waals surface area (Å²) in [5.74, 6) is -0.237. The predicted octanol–water partition coefficient (Wildman–Crippen LogP) is 4.46. The zero-order chi connectivity index (χ0) is 21.1. The lowest BCUT2D eigenvalue weighted by Crippen LogP contribution is -2.45. The molecule has 1 atom stereocenters. The van der Waals surface area contributed by atoms with Gasteiger partial charge in [-0.05, 0) is 38.3 Å². The number of hydrogen-bond acceptors (Lipinski definition) is 5. The quantitative estimate of drug-likeness (QED) is 0.651. The van der Waals surface area contributed by atoms with Gasteiger partial charge in [0.25, 0.3) is 0 Å². The summed E-state index contributed by atoms with van der Waals surface area (Å²) in [6, 6.07) is 14.8. The molecule has 1 aliphatic rings. The molecule has 154 valence electrons. The maximum Gasteiger partial charge on any atom is 0.322 e. The van der Waals surface area contributed by atoms with Crippen LogP contribution >= 0.6 is 11.3 Å². The van der Waals surface area contributed by atoms with E-state index in [1.54, 1.807) is 4.90 Å². The monoisotopic (exact) mass is 421 g/mol. The van der Waals surface area contributed by atoms with Crippen LogP contribution in [0.5, 0.6) is 0 Å². The second kappa shape index (κ2) is 8.62. The molecule has 0 bridgehead atoms. The van der Waals surface area contributed by atoms with Crippen LogP contribution in [0.2, 0.25) is 0 Å². The minimum atomic E-state index is -0.527. The molecule has 1 aromatic heterocycles. The fourth-order valence-electron chi connectivity index (χ4n) is 3.46. The zero-order valence-electron chi connectivity index (χ0n) is 16.9. The van der Waals surface area contributed by atoms with Crippen molar-refractivity contribution in [3.05, 3.63) is 59.7 Å². The van der Waals surface area contributed by atoms with Gasteiger partial charge >= 0.3 is 6.03 Å². The molecule has 1 fully saturated rings. The summed E-state index contributed by atoms with van der Waals surface area (Å²) in [7, 11) is 0. The molecule has 30 heavy (non-hydrogen) atoms. The Balaban J connectivity index is 1.42. The zero-order valence-corrected chi connectivity index (χ0v) is 17.7. The smallest absolute Gasteiger partial charge is 0.312 e. The van der Waals surface area contributed by atoms with Crippen LogP contribution in [0.1, 0.15) is 24.0 Å². The van der Waals surface area contributed by atoms with Gasteiger partial charge in [0.2, 0.25) is 11.0 Å². The highest BCUT2D eigenvalue weighted by atomic mass is 32.1. The predicted molar refractivity (Wildman–Crippen MR) is 119 cm³/mol. The van der Waals surface area contributed by atoms with E-state index in [1.165, 1.54) is 16.9 Å². The van der Waals surface area contributed by atoms with Crippen molar-refractivity contribution in [3.63, 3.8) is 0 Å². The van der Waals surface area contributed by atoms with Crippen molar-refractivity contribution in [2.75, 3.05) is 17.2 Å². The minimum absolute atomic E-state index is 0.237. The van der Waals surface area contributed by atoms with Crippen molar-refractivity contribution < 1.29 is 9.59 Å². The van der Waals surface area contributed by atoms with Crippen LogP contribution in [0.3, 0.4) is 0 Å². The van der Waals surface area contributed by atoms with Gasteiger partial charge in [0.15, 0.2) is 0 Å². The van der Waals surface area contributed by atoms with E-state index in [-0.39, 0.29) is 11.9 Å². The van der Waals surface area contributed by atoms with Gasteiger partial charge in [-0.15, -0.1) is 10.2 Å². The van der Waals surface area contributed by atoms with Crippen LogP contribution in [0.15, 0.2) is 48.5 Å². The maximum atomic E-state index is 12.8. The molecule has 4 rings (SSSR count). The van der Waals surface area contributed by atoms with Gasteiger partial charge < -0.3 is 10.2 Å². The van der Waals surface area contributed by atoms with Gasteiger partial charge in [0.05, 0.1) is 0 Å². The van der Waals surface area contributed by atoms with Crippen LogP contribution in [0, 0.1) is 13.8 Å². The van der Waals surface area contributed by atoms with Gasteiger partial charge in [-0.1, -0.05) is 59.4 Å². The largest absolute Gasteiger partial charge is 0.322 e. The van der Waals surface area contributed by atoms with E-state index in [9.17, 15) is 9.59 Å². The molecule has 1 unspecified atom stereocenters. The van der Waals surface area contributed by atoms with Crippen molar-refractivity contribution >= 4 is 34.1 Å². The van der Waals surface area contributed by atoms with Gasteiger partial charge in [-0.3, -0.25) is 10.1 Å². The molecule has 1 saturated heterocycles. The molecule has 7 nitrogen and oxygen atoms in total. The Labute approximate surface area is 179 Å². The fourth-order valence-corrected chi connectivity index (χ4v) is 4.21. The molecule has 1 aliphatic heterocycles. The summed E-state index contributed by atoms with van der Waals surface area (Å²) in [6.07, 6.45) is 1.40. The third-order valence-corrected chi connectivity index (χ3v) is 6.04. The van der Waals surface area contributed by atoms with Crippen molar-refractivity contribution in [1.29, 1.82) is 0 Å². The Hall–Kier alpha value is -3.26. The number of hydrogen-bond donors (Lipinski definition) is 2. The molecule has 3 aromatic rings. The van der Waals surface area contributed by atoms with E-state index in [0.29, 0.717) is 18.1 Å². The standard InChI is InChI=1S/C22H23N5O2S/c1-14-9-11-16(12-10-14)20-25-26-21(30-20)24-19(28)18-8-5-13-27(18)22(29)23-17-7-4-3-6-15(17)2/h3-4,6-7,9-12,18H,5,8,13H2,1-2H3,(H,23,29)(H,24,26,28). The Kier molecular flexibility index (Phi) is 5.76. The average molecular weight is 422 g/mol. The number of nitrogens with zero attached hydrogens (tertiary/aromatic N) is 3. The SMILES string of the molecule is Cc1ccc(-c2nnc(NC(=O)C3CCCN3C(=O)Nc3ccccc3C)s2)cc1. The Bertz CT molecular complexity index is 1060. The number of anilines is 2. The number of benzene rings is 2. The van der Waals surface area contributed by atoms with Crippen molar-refractivity contribution in [3.8, 4) is 10.6 Å². The van der Waals surface area contributed by atoms with Gasteiger partial charge in [-0.25, -0.2) is 4.79 Å². The summed E-state index contributed by atoms with van der Waals surface area (Å²) >= 11 is 1.32. The molecule has 8 heteroatoms. The van der Waals surface area contributed by atoms with Gasteiger partial charge in [-0.2, -0.15) is 0 Å². The number of aromatic nitrogens is 2.